The fraction of sp³-hybridized carbons (Fsp3) is 0.143. The highest BCUT2D eigenvalue weighted by Crippen LogP contribution is 2.42. The highest BCUT2D eigenvalue weighted by atomic mass is 127. The number of aromatic nitrogens is 1. The Hall–Kier alpha value is -2.02. The summed E-state index contributed by atoms with van der Waals surface area (Å²) >= 11 is 7.74. The van der Waals surface area contributed by atoms with Crippen LogP contribution in [-0.2, 0) is 6.42 Å². The van der Waals surface area contributed by atoms with E-state index in [9.17, 15) is 4.79 Å². The van der Waals surface area contributed by atoms with Gasteiger partial charge >= 0.3 is 0 Å². The van der Waals surface area contributed by atoms with Crippen molar-refractivity contribution in [3.8, 4) is 5.75 Å². The van der Waals surface area contributed by atoms with Gasteiger partial charge in [0.2, 0.25) is 0 Å². The van der Waals surface area contributed by atoms with Crippen molar-refractivity contribution in [2.45, 2.75) is 18.9 Å². The van der Waals surface area contributed by atoms with E-state index in [0.29, 0.717) is 11.1 Å². The number of allylic oxidation sites excluding steroid dienone is 1. The van der Waals surface area contributed by atoms with Gasteiger partial charge in [-0.2, -0.15) is 0 Å². The van der Waals surface area contributed by atoms with Gasteiger partial charge in [0.1, 0.15) is 12.4 Å². The number of halogens is 2. The summed E-state index contributed by atoms with van der Waals surface area (Å²) in [4.78, 5) is 20.9. The summed E-state index contributed by atoms with van der Waals surface area (Å²) in [6.45, 7) is 4.19. The lowest BCUT2D eigenvalue weighted by Gasteiger charge is -2.30. The van der Waals surface area contributed by atoms with E-state index < -0.39 is 0 Å². The third-order valence-corrected chi connectivity index (χ3v) is 9.86. The average Bonchev–Trinajstić information content (AvgIpc) is 3.51. The van der Waals surface area contributed by atoms with Gasteiger partial charge in [-0.25, -0.2) is 4.99 Å². The summed E-state index contributed by atoms with van der Waals surface area (Å²) in [6.07, 6.45) is 5.59. The fourth-order valence-corrected chi connectivity index (χ4v) is 8.79. The van der Waals surface area contributed by atoms with Crippen LogP contribution in [0.15, 0.2) is 81.9 Å². The molecule has 36 heavy (non-hydrogen) atoms. The smallest absolute Gasteiger partial charge is 0.271 e. The molecule has 180 valence electrons. The van der Waals surface area contributed by atoms with Crippen LogP contribution in [0.1, 0.15) is 34.0 Å². The molecule has 3 heterocycles. The number of thiophene rings is 1. The molecule has 6 rings (SSSR count). The van der Waals surface area contributed by atoms with Crippen LogP contribution in [0.3, 0.4) is 0 Å². The van der Waals surface area contributed by atoms with Gasteiger partial charge in [0.25, 0.3) is 5.56 Å². The first-order chi connectivity index (χ1) is 17.5. The van der Waals surface area contributed by atoms with Crippen molar-refractivity contribution in [1.29, 1.82) is 0 Å². The quantitative estimate of drug-likeness (QED) is 0.183. The molecular formula is C28H20I2N2O2S2. The van der Waals surface area contributed by atoms with Crippen LogP contribution in [0, 0.1) is 7.14 Å². The van der Waals surface area contributed by atoms with Crippen molar-refractivity contribution in [2.24, 2.45) is 4.99 Å². The van der Waals surface area contributed by atoms with Gasteiger partial charge in [0.15, 0.2) is 4.80 Å². The van der Waals surface area contributed by atoms with E-state index in [-0.39, 0.29) is 11.6 Å². The lowest BCUT2D eigenvalue weighted by molar-refractivity contribution is 0.358. The second kappa shape index (κ2) is 10.0. The summed E-state index contributed by atoms with van der Waals surface area (Å²) in [7, 11) is 0. The zero-order valence-electron chi connectivity index (χ0n) is 19.0. The number of thiazole rings is 1. The Morgan fingerprint density at radius 1 is 1.14 bits per heavy atom. The van der Waals surface area contributed by atoms with Crippen LogP contribution in [0.25, 0.3) is 11.8 Å². The van der Waals surface area contributed by atoms with Crippen molar-refractivity contribution in [3.05, 3.63) is 121 Å². The molecule has 0 N–H and O–H groups in total. The van der Waals surface area contributed by atoms with Crippen molar-refractivity contribution >= 4 is 79.6 Å². The molecule has 1 atom stereocenters. The van der Waals surface area contributed by atoms with E-state index in [2.05, 4.69) is 106 Å². The molecule has 1 aliphatic heterocycles. The van der Waals surface area contributed by atoms with Gasteiger partial charge in [-0.3, -0.25) is 9.36 Å². The predicted octanol–water partition coefficient (Wildman–Crippen LogP) is 6.15. The Kier molecular flexibility index (Phi) is 6.78. The number of rotatable bonds is 5. The molecule has 0 saturated carbocycles. The average molecular weight is 734 g/mol. The number of nitrogens with zero attached hydrogens (tertiary/aromatic N) is 2. The molecule has 0 spiro atoms. The van der Waals surface area contributed by atoms with E-state index in [0.717, 1.165) is 41.8 Å². The largest absolute Gasteiger partial charge is 0.487 e. The first-order valence-corrected chi connectivity index (χ1v) is 15.3. The molecule has 1 aliphatic carbocycles. The van der Waals surface area contributed by atoms with E-state index in [1.807, 2.05) is 10.6 Å². The van der Waals surface area contributed by atoms with Crippen molar-refractivity contribution in [3.63, 3.8) is 0 Å². The number of ether oxygens (including phenoxy) is 1. The minimum Gasteiger partial charge on any atom is -0.487 e. The molecule has 0 unspecified atom stereocenters. The molecule has 4 nitrogen and oxygen atoms in total. The summed E-state index contributed by atoms with van der Waals surface area (Å²) in [5.74, 6) is 0.846. The molecule has 2 aliphatic rings. The zero-order valence-corrected chi connectivity index (χ0v) is 25.0. The standard InChI is InChI=1S/C28H20I2N2O2S2/c1-2-11-34-26-20(29)13-16(14-21(26)30)15-23-27(33)32-25(22-8-5-12-35-22)19-10-9-17-6-3-4-7-18(17)24(19)31-28(32)36-23/h2-8,12-15,25H,1,9-11H2/b23-15+/t25-/m0/s1. The van der Waals surface area contributed by atoms with Crippen LogP contribution < -0.4 is 19.6 Å². The van der Waals surface area contributed by atoms with Crippen LogP contribution in [0.4, 0.5) is 0 Å². The van der Waals surface area contributed by atoms with Crippen molar-refractivity contribution in [2.75, 3.05) is 6.61 Å². The van der Waals surface area contributed by atoms with E-state index in [1.165, 1.54) is 32.9 Å². The number of hydrogen-bond donors (Lipinski definition) is 0. The van der Waals surface area contributed by atoms with Crippen LogP contribution >= 0.6 is 67.9 Å². The Morgan fingerprint density at radius 2 is 1.94 bits per heavy atom. The highest BCUT2D eigenvalue weighted by Gasteiger charge is 2.33. The van der Waals surface area contributed by atoms with Crippen molar-refractivity contribution < 1.29 is 4.74 Å². The maximum atomic E-state index is 13.8. The summed E-state index contributed by atoms with van der Waals surface area (Å²) in [5, 5.41) is 2.09. The van der Waals surface area contributed by atoms with Gasteiger partial charge in [-0.1, -0.05) is 54.3 Å². The van der Waals surface area contributed by atoms with Gasteiger partial charge < -0.3 is 4.74 Å². The van der Waals surface area contributed by atoms with Crippen LogP contribution in [0.5, 0.6) is 5.75 Å². The lowest BCUT2D eigenvalue weighted by Crippen LogP contribution is -2.38. The second-order valence-corrected chi connectivity index (χ2v) is 12.9. The van der Waals surface area contributed by atoms with E-state index in [1.54, 1.807) is 17.4 Å². The van der Waals surface area contributed by atoms with E-state index in [4.69, 9.17) is 9.73 Å². The van der Waals surface area contributed by atoms with Gasteiger partial charge in [0.05, 0.1) is 23.4 Å². The third-order valence-electron chi connectivity index (χ3n) is 6.35. The number of fused-ring (bicyclic) bond motifs is 3. The predicted molar refractivity (Wildman–Crippen MR) is 165 cm³/mol. The monoisotopic (exact) mass is 734 g/mol. The minimum atomic E-state index is -0.110. The molecule has 0 radical (unpaired) electrons. The maximum absolute atomic E-state index is 13.8. The normalized spacial score (nSPS) is 16.7. The fourth-order valence-electron chi connectivity index (χ4n) is 4.81. The summed E-state index contributed by atoms with van der Waals surface area (Å²) in [5.41, 5.74) is 5.78. The van der Waals surface area contributed by atoms with Crippen molar-refractivity contribution in [1.82, 2.24) is 4.57 Å². The minimum absolute atomic E-state index is 0.0135. The molecule has 4 aromatic rings. The first kappa shape index (κ1) is 24.3. The molecule has 2 aromatic heterocycles. The molecule has 0 bridgehead atoms. The molecular weight excluding hydrogens is 714 g/mol. The van der Waals surface area contributed by atoms with Gasteiger partial charge in [-0.05, 0) is 104 Å². The first-order valence-electron chi connectivity index (χ1n) is 11.4. The zero-order chi connectivity index (χ0) is 24.8. The molecule has 8 heteroatoms. The van der Waals surface area contributed by atoms with Gasteiger partial charge in [0, 0.05) is 10.4 Å². The molecule has 0 amide bonds. The Bertz CT molecular complexity index is 1690. The van der Waals surface area contributed by atoms with Crippen LogP contribution in [-0.4, -0.2) is 11.2 Å². The Morgan fingerprint density at radius 3 is 2.69 bits per heavy atom. The number of hydrogen-bond acceptors (Lipinski definition) is 5. The van der Waals surface area contributed by atoms with Crippen LogP contribution in [0.2, 0.25) is 0 Å². The molecule has 2 aromatic carbocycles. The summed E-state index contributed by atoms with van der Waals surface area (Å²) < 4.78 is 10.4. The SMILES string of the molecule is C=CCOc1c(I)cc(/C=c2/sc3n(c2=O)[C@H](c2cccs2)C2=C(N=3)c3ccccc3CC2)cc1I. The Balaban J connectivity index is 1.53. The molecule has 0 saturated heterocycles. The second-order valence-electron chi connectivity index (χ2n) is 8.54. The number of benzene rings is 2. The summed E-state index contributed by atoms with van der Waals surface area (Å²) in [6, 6.07) is 16.7. The maximum Gasteiger partial charge on any atom is 0.271 e. The van der Waals surface area contributed by atoms with Gasteiger partial charge in [-0.15, -0.1) is 11.3 Å². The lowest BCUT2D eigenvalue weighted by atomic mass is 9.85. The van der Waals surface area contributed by atoms with E-state index >= 15 is 0 Å². The third kappa shape index (κ3) is 4.25. The highest BCUT2D eigenvalue weighted by molar-refractivity contribution is 14.1. The number of aryl methyl sites for hydroxylation is 1. The Labute approximate surface area is 243 Å². The topological polar surface area (TPSA) is 43.6 Å². The molecule has 0 fully saturated rings.